The number of halogens is 3. The molecule has 1 aliphatic heterocycles. The van der Waals surface area contributed by atoms with Crippen LogP contribution < -0.4 is 10.1 Å². The molecule has 0 radical (unpaired) electrons. The van der Waals surface area contributed by atoms with Crippen molar-refractivity contribution in [3.63, 3.8) is 0 Å². The predicted octanol–water partition coefficient (Wildman–Crippen LogP) is 4.35. The molecule has 29 heavy (non-hydrogen) atoms. The molecular formula is C18H19ClF2N2O4S2. The highest BCUT2D eigenvalue weighted by Crippen LogP contribution is 2.31. The van der Waals surface area contributed by atoms with Crippen molar-refractivity contribution in [1.29, 1.82) is 0 Å². The minimum absolute atomic E-state index is 0.0657. The van der Waals surface area contributed by atoms with E-state index in [2.05, 4.69) is 10.1 Å². The van der Waals surface area contributed by atoms with Crippen LogP contribution in [0.4, 0.5) is 14.5 Å². The highest BCUT2D eigenvalue weighted by molar-refractivity contribution is 7.91. The van der Waals surface area contributed by atoms with Gasteiger partial charge in [0.1, 0.15) is 9.96 Å². The number of alkyl halides is 2. The number of aryl methyl sites for hydroxylation is 1. The number of nitrogens with one attached hydrogen (secondary N) is 1. The number of carbonyl (C=O) groups excluding carboxylic acids is 1. The molecule has 1 aromatic carbocycles. The van der Waals surface area contributed by atoms with E-state index in [4.69, 9.17) is 11.6 Å². The summed E-state index contributed by atoms with van der Waals surface area (Å²) in [6, 6.07) is 7.26. The van der Waals surface area contributed by atoms with E-state index in [0.29, 0.717) is 25.1 Å². The van der Waals surface area contributed by atoms with Crippen LogP contribution >= 0.6 is 22.9 Å². The second-order valence-electron chi connectivity index (χ2n) is 6.58. The number of benzene rings is 1. The molecule has 2 heterocycles. The average molecular weight is 465 g/mol. The topological polar surface area (TPSA) is 75.7 Å². The van der Waals surface area contributed by atoms with Crippen molar-refractivity contribution in [3.8, 4) is 5.75 Å². The van der Waals surface area contributed by atoms with Crippen molar-refractivity contribution in [2.45, 2.75) is 30.6 Å². The number of rotatable bonds is 6. The summed E-state index contributed by atoms with van der Waals surface area (Å²) >= 11 is 7.10. The Labute approximate surface area is 176 Å². The van der Waals surface area contributed by atoms with Crippen molar-refractivity contribution < 1.29 is 26.7 Å². The Hall–Kier alpha value is -1.75. The van der Waals surface area contributed by atoms with E-state index in [1.165, 1.54) is 33.8 Å². The Balaban J connectivity index is 1.68. The molecule has 1 N–H and O–H groups in total. The Bertz CT molecular complexity index is 997. The smallest absolute Gasteiger partial charge is 0.387 e. The van der Waals surface area contributed by atoms with Gasteiger partial charge >= 0.3 is 6.61 Å². The zero-order valence-corrected chi connectivity index (χ0v) is 17.8. The van der Waals surface area contributed by atoms with Crippen LogP contribution in [-0.2, 0) is 14.8 Å². The predicted molar refractivity (Wildman–Crippen MR) is 107 cm³/mol. The summed E-state index contributed by atoms with van der Waals surface area (Å²) in [7, 11) is -3.64. The molecular weight excluding hydrogens is 446 g/mol. The Kier molecular flexibility index (Phi) is 6.77. The fourth-order valence-electron chi connectivity index (χ4n) is 3.07. The summed E-state index contributed by atoms with van der Waals surface area (Å²) < 4.78 is 56.1. The van der Waals surface area contributed by atoms with Crippen molar-refractivity contribution >= 4 is 44.6 Å². The van der Waals surface area contributed by atoms with E-state index in [0.717, 1.165) is 4.88 Å². The van der Waals surface area contributed by atoms with E-state index < -0.39 is 22.6 Å². The number of sulfonamides is 1. The third-order valence-corrected chi connectivity index (χ3v) is 8.11. The normalized spacial score (nSPS) is 18.0. The van der Waals surface area contributed by atoms with Gasteiger partial charge in [-0.25, -0.2) is 8.42 Å². The number of hydrogen-bond acceptors (Lipinski definition) is 5. The second-order valence-corrected chi connectivity index (χ2v) is 10.4. The van der Waals surface area contributed by atoms with Gasteiger partial charge in [0.25, 0.3) is 10.0 Å². The molecule has 1 amide bonds. The van der Waals surface area contributed by atoms with Crippen LogP contribution in [0.25, 0.3) is 0 Å². The summed E-state index contributed by atoms with van der Waals surface area (Å²) in [4.78, 5) is 13.5. The van der Waals surface area contributed by atoms with Gasteiger partial charge in [-0.05, 0) is 50.1 Å². The Morgan fingerprint density at radius 2 is 2.10 bits per heavy atom. The molecule has 11 heteroatoms. The van der Waals surface area contributed by atoms with E-state index in [9.17, 15) is 22.0 Å². The molecule has 0 saturated carbocycles. The van der Waals surface area contributed by atoms with Crippen LogP contribution in [0.15, 0.2) is 34.5 Å². The molecule has 1 unspecified atom stereocenters. The number of anilines is 1. The summed E-state index contributed by atoms with van der Waals surface area (Å²) in [6.07, 6.45) is 1.10. The van der Waals surface area contributed by atoms with E-state index in [-0.39, 0.29) is 27.4 Å². The van der Waals surface area contributed by atoms with Gasteiger partial charge in [0.2, 0.25) is 5.91 Å². The molecule has 1 fully saturated rings. The van der Waals surface area contributed by atoms with Crippen LogP contribution in [0, 0.1) is 12.8 Å². The minimum Gasteiger partial charge on any atom is -0.433 e. The molecule has 0 spiro atoms. The molecule has 6 nitrogen and oxygen atoms in total. The van der Waals surface area contributed by atoms with Crippen molar-refractivity contribution in [1.82, 2.24) is 4.31 Å². The highest BCUT2D eigenvalue weighted by atomic mass is 35.5. The van der Waals surface area contributed by atoms with Crippen LogP contribution in [0.5, 0.6) is 5.75 Å². The number of carbonyl (C=O) groups is 1. The first kappa shape index (κ1) is 21.9. The van der Waals surface area contributed by atoms with Gasteiger partial charge in [-0.3, -0.25) is 4.79 Å². The van der Waals surface area contributed by atoms with Crippen LogP contribution in [-0.4, -0.2) is 38.3 Å². The lowest BCUT2D eigenvalue weighted by molar-refractivity contribution is -0.120. The SMILES string of the molecule is Cc1ccc(S(=O)(=O)N2CCCC(C(=O)Nc3ccc(OC(F)F)c(Cl)c3)C2)s1. The summed E-state index contributed by atoms with van der Waals surface area (Å²) in [5.74, 6) is -1.08. The van der Waals surface area contributed by atoms with Crippen LogP contribution in [0.1, 0.15) is 17.7 Å². The fourth-order valence-corrected chi connectivity index (χ4v) is 6.25. The lowest BCUT2D eigenvalue weighted by Crippen LogP contribution is -2.43. The standard InChI is InChI=1S/C18H19ClF2N2O4S2/c1-11-4-7-16(28-11)29(25,26)23-8-2-3-12(10-23)17(24)22-13-5-6-15(14(19)9-13)27-18(20)21/h4-7,9,12,18H,2-3,8,10H2,1H3,(H,22,24). The van der Waals surface area contributed by atoms with Crippen LogP contribution in [0.3, 0.4) is 0 Å². The van der Waals surface area contributed by atoms with Gasteiger partial charge in [-0.1, -0.05) is 11.6 Å². The Morgan fingerprint density at radius 3 is 2.72 bits per heavy atom. The molecule has 1 aliphatic rings. The second kappa shape index (κ2) is 8.95. The molecule has 0 bridgehead atoms. The minimum atomic E-state index is -3.64. The van der Waals surface area contributed by atoms with Crippen molar-refractivity contribution in [2.75, 3.05) is 18.4 Å². The fraction of sp³-hybridized carbons (Fsp3) is 0.389. The maximum absolute atomic E-state index is 12.8. The largest absolute Gasteiger partial charge is 0.433 e. The third-order valence-electron chi connectivity index (χ3n) is 4.48. The molecule has 1 aromatic heterocycles. The number of ether oxygens (including phenoxy) is 1. The maximum Gasteiger partial charge on any atom is 0.387 e. The number of amides is 1. The average Bonchev–Trinajstić information content (AvgIpc) is 3.11. The van der Waals surface area contributed by atoms with Crippen LogP contribution in [0.2, 0.25) is 5.02 Å². The number of hydrogen-bond donors (Lipinski definition) is 1. The number of piperidine rings is 1. The molecule has 2 aromatic rings. The van der Waals surface area contributed by atoms with E-state index in [1.54, 1.807) is 12.1 Å². The van der Waals surface area contributed by atoms with Gasteiger partial charge < -0.3 is 10.1 Å². The van der Waals surface area contributed by atoms with Gasteiger partial charge in [0, 0.05) is 23.7 Å². The molecule has 1 saturated heterocycles. The first-order valence-electron chi connectivity index (χ1n) is 8.78. The van der Waals surface area contributed by atoms with Crippen molar-refractivity contribution in [3.05, 3.63) is 40.2 Å². The third kappa shape index (κ3) is 5.25. The molecule has 1 atom stereocenters. The van der Waals surface area contributed by atoms with E-state index in [1.807, 2.05) is 6.92 Å². The quantitative estimate of drug-likeness (QED) is 0.689. The van der Waals surface area contributed by atoms with E-state index >= 15 is 0 Å². The maximum atomic E-state index is 12.8. The number of nitrogens with zero attached hydrogens (tertiary/aromatic N) is 1. The summed E-state index contributed by atoms with van der Waals surface area (Å²) in [6.45, 7) is -0.742. The first-order chi connectivity index (χ1) is 13.7. The van der Waals surface area contributed by atoms with Gasteiger partial charge in [-0.2, -0.15) is 13.1 Å². The summed E-state index contributed by atoms with van der Waals surface area (Å²) in [5, 5.41) is 2.60. The molecule has 0 aliphatic carbocycles. The molecule has 158 valence electrons. The van der Waals surface area contributed by atoms with Crippen molar-refractivity contribution in [2.24, 2.45) is 5.92 Å². The number of thiophene rings is 1. The highest BCUT2D eigenvalue weighted by Gasteiger charge is 2.34. The van der Waals surface area contributed by atoms with Gasteiger partial charge in [0.15, 0.2) is 0 Å². The Morgan fingerprint density at radius 1 is 1.34 bits per heavy atom. The lowest BCUT2D eigenvalue weighted by Gasteiger charge is -2.30. The first-order valence-corrected chi connectivity index (χ1v) is 11.4. The lowest BCUT2D eigenvalue weighted by atomic mass is 9.98. The van der Waals surface area contributed by atoms with Gasteiger partial charge in [-0.15, -0.1) is 11.3 Å². The molecule has 3 rings (SSSR count). The zero-order chi connectivity index (χ0) is 21.2. The summed E-state index contributed by atoms with van der Waals surface area (Å²) in [5.41, 5.74) is 0.315. The van der Waals surface area contributed by atoms with Gasteiger partial charge in [0.05, 0.1) is 10.9 Å². The zero-order valence-electron chi connectivity index (χ0n) is 15.4. The monoisotopic (exact) mass is 464 g/mol.